The van der Waals surface area contributed by atoms with Crippen molar-refractivity contribution in [2.45, 2.75) is 51.6 Å². The van der Waals surface area contributed by atoms with Crippen LogP contribution < -0.4 is 14.4 Å². The van der Waals surface area contributed by atoms with Gasteiger partial charge in [-0.25, -0.2) is 9.97 Å². The second kappa shape index (κ2) is 20.2. The van der Waals surface area contributed by atoms with E-state index in [1.165, 1.54) is 22.3 Å². The minimum atomic E-state index is -0.749. The molecular weight excluding hydrogens is 683 g/mol. The number of imidazole rings is 2. The number of unbranched alkanes of at least 4 members (excludes halogenated alkanes) is 2. The highest BCUT2D eigenvalue weighted by molar-refractivity contribution is 5.96. The van der Waals surface area contributed by atoms with E-state index in [2.05, 4.69) is 75.6 Å². The number of anilines is 1. The van der Waals surface area contributed by atoms with Crippen molar-refractivity contribution < 1.29 is 28.8 Å². The highest BCUT2D eigenvalue weighted by atomic mass is 16.5. The smallest absolute Gasteiger partial charge is 0.303 e. The van der Waals surface area contributed by atoms with Gasteiger partial charge in [-0.15, -0.1) is 0 Å². The first-order valence-corrected chi connectivity index (χ1v) is 18.5. The number of fused-ring (bicyclic) bond motifs is 2. The zero-order chi connectivity index (χ0) is 38.3. The summed E-state index contributed by atoms with van der Waals surface area (Å²) in [5, 5.41) is 8.71. The summed E-state index contributed by atoms with van der Waals surface area (Å²) in [6.45, 7) is 3.71. The predicted octanol–water partition coefficient (Wildman–Crippen LogP) is 8.58. The number of aliphatic carboxylic acids is 1. The Morgan fingerprint density at radius 2 is 1.46 bits per heavy atom. The Labute approximate surface area is 318 Å². The molecule has 0 saturated heterocycles. The summed E-state index contributed by atoms with van der Waals surface area (Å²) < 4.78 is 26.0. The van der Waals surface area contributed by atoms with Gasteiger partial charge in [0, 0.05) is 89.5 Å². The van der Waals surface area contributed by atoms with Crippen molar-refractivity contribution in [1.29, 1.82) is 0 Å². The normalized spacial score (nSPS) is 11.1. The number of hydrogen-bond donors (Lipinski definition) is 1. The van der Waals surface area contributed by atoms with Crippen molar-refractivity contribution in [3.05, 3.63) is 91.3 Å². The predicted molar refractivity (Wildman–Crippen MR) is 216 cm³/mol. The van der Waals surface area contributed by atoms with Crippen LogP contribution >= 0.6 is 0 Å². The first kappa shape index (κ1) is 39.8. The number of para-hydroxylation sites is 2. The Bertz CT molecular complexity index is 2070. The molecule has 286 valence electrons. The zero-order valence-electron chi connectivity index (χ0n) is 32.2. The van der Waals surface area contributed by atoms with E-state index in [9.17, 15) is 4.79 Å². The van der Waals surface area contributed by atoms with Crippen LogP contribution in [0.3, 0.4) is 0 Å². The quantitative estimate of drug-likeness (QED) is 0.0818. The van der Waals surface area contributed by atoms with E-state index in [0.717, 1.165) is 84.8 Å². The molecule has 0 aliphatic carbocycles. The molecule has 0 amide bonds. The molecule has 0 radical (unpaired) electrons. The Hall–Kier alpha value is -5.39. The largest absolute Gasteiger partial charge is 0.497 e. The van der Waals surface area contributed by atoms with Crippen LogP contribution in [0.2, 0.25) is 0 Å². The fourth-order valence-corrected chi connectivity index (χ4v) is 6.45. The minimum Gasteiger partial charge on any atom is -0.497 e. The lowest BCUT2D eigenvalue weighted by Crippen LogP contribution is -2.09. The van der Waals surface area contributed by atoms with E-state index in [-0.39, 0.29) is 6.42 Å². The van der Waals surface area contributed by atoms with E-state index in [0.29, 0.717) is 19.6 Å². The van der Waals surface area contributed by atoms with Crippen LogP contribution in [0.4, 0.5) is 5.69 Å². The van der Waals surface area contributed by atoms with E-state index in [4.69, 9.17) is 29.0 Å². The van der Waals surface area contributed by atoms with Crippen molar-refractivity contribution in [1.82, 2.24) is 19.1 Å². The highest BCUT2D eigenvalue weighted by Gasteiger charge is 2.15. The number of rotatable bonds is 19. The second-order valence-corrected chi connectivity index (χ2v) is 13.2. The highest BCUT2D eigenvalue weighted by Crippen LogP contribution is 2.34. The molecule has 0 fully saturated rings. The molecule has 11 nitrogen and oxygen atoms in total. The molecule has 2 heterocycles. The van der Waals surface area contributed by atoms with Gasteiger partial charge in [0.05, 0.1) is 42.1 Å². The number of ether oxygens (including phenoxy) is 4. The molecule has 1 N–H and O–H groups in total. The number of carboxylic acids is 1. The van der Waals surface area contributed by atoms with E-state index < -0.39 is 5.97 Å². The molecular formula is C43H53N5O6. The van der Waals surface area contributed by atoms with Crippen molar-refractivity contribution in [3.8, 4) is 34.0 Å². The standard InChI is InChI=1S/C24H30N2O5.C19H23N3O/c1-29-15-6-14-26-22-17-20(31-16-5-3-4-7-23(27)28)12-13-21(22)25-24(26)18-8-10-19(30-2)11-9-18;1-21(2)17-10-5-4-8-15(17)16-9-6-11-18-19(16)20-14-22(18)12-7-13-23-3/h8-13,17H,3-7,14-16H2,1-2H3,(H,27,28);4-6,8-11,14H,7,12-13H2,1-3H3. The van der Waals surface area contributed by atoms with Crippen LogP contribution in [0.1, 0.15) is 38.5 Å². The maximum Gasteiger partial charge on any atom is 0.303 e. The van der Waals surface area contributed by atoms with E-state index in [1.807, 2.05) is 48.8 Å². The van der Waals surface area contributed by atoms with Crippen LogP contribution in [0.5, 0.6) is 11.5 Å². The Balaban J connectivity index is 0.000000217. The lowest BCUT2D eigenvalue weighted by Gasteiger charge is -2.17. The van der Waals surface area contributed by atoms with Crippen LogP contribution in [0, 0.1) is 0 Å². The van der Waals surface area contributed by atoms with Gasteiger partial charge in [0.25, 0.3) is 0 Å². The molecule has 6 rings (SSSR count). The monoisotopic (exact) mass is 735 g/mol. The average Bonchev–Trinajstić information content (AvgIpc) is 3.77. The second-order valence-electron chi connectivity index (χ2n) is 13.2. The summed E-state index contributed by atoms with van der Waals surface area (Å²) in [5.41, 5.74) is 8.78. The molecule has 0 atom stereocenters. The summed E-state index contributed by atoms with van der Waals surface area (Å²) in [6.07, 6.45) is 6.35. The first-order chi connectivity index (χ1) is 26.3. The Kier molecular flexibility index (Phi) is 14.9. The van der Waals surface area contributed by atoms with Gasteiger partial charge in [0.1, 0.15) is 17.3 Å². The van der Waals surface area contributed by atoms with Gasteiger partial charge in [-0.2, -0.15) is 0 Å². The topological polar surface area (TPSA) is 113 Å². The van der Waals surface area contributed by atoms with Crippen LogP contribution in [-0.4, -0.2) is 85.4 Å². The van der Waals surface area contributed by atoms with Gasteiger partial charge in [0.15, 0.2) is 0 Å². The number of nitrogens with zero attached hydrogens (tertiary/aromatic N) is 5. The third-order valence-corrected chi connectivity index (χ3v) is 9.18. The molecule has 0 spiro atoms. The number of methoxy groups -OCH3 is 3. The maximum atomic E-state index is 10.6. The molecule has 11 heteroatoms. The van der Waals surface area contributed by atoms with Gasteiger partial charge >= 0.3 is 5.97 Å². The molecule has 0 aliphatic heterocycles. The molecule has 0 aliphatic rings. The molecule has 0 saturated carbocycles. The molecule has 2 aromatic heterocycles. The van der Waals surface area contributed by atoms with Gasteiger partial charge in [0.2, 0.25) is 0 Å². The molecule has 54 heavy (non-hydrogen) atoms. The number of benzene rings is 4. The minimum absolute atomic E-state index is 0.209. The van der Waals surface area contributed by atoms with Crippen molar-refractivity contribution in [2.75, 3.05) is 60.1 Å². The maximum absolute atomic E-state index is 10.6. The number of aromatic nitrogens is 4. The summed E-state index contributed by atoms with van der Waals surface area (Å²) in [5.74, 6) is 1.75. The number of hydrogen-bond acceptors (Lipinski definition) is 8. The summed E-state index contributed by atoms with van der Waals surface area (Å²) in [7, 11) is 9.24. The van der Waals surface area contributed by atoms with Crippen LogP contribution in [-0.2, 0) is 27.4 Å². The van der Waals surface area contributed by atoms with Crippen molar-refractivity contribution in [3.63, 3.8) is 0 Å². The number of carbonyl (C=O) groups is 1. The van der Waals surface area contributed by atoms with Crippen LogP contribution in [0.15, 0.2) is 91.3 Å². The lowest BCUT2D eigenvalue weighted by atomic mass is 10.0. The van der Waals surface area contributed by atoms with Gasteiger partial charge in [-0.3, -0.25) is 4.79 Å². The summed E-state index contributed by atoms with van der Waals surface area (Å²) >= 11 is 0. The van der Waals surface area contributed by atoms with Crippen molar-refractivity contribution in [2.24, 2.45) is 0 Å². The third-order valence-electron chi connectivity index (χ3n) is 9.18. The zero-order valence-corrected chi connectivity index (χ0v) is 32.2. The van der Waals surface area contributed by atoms with Crippen molar-refractivity contribution >= 4 is 33.7 Å². The fraction of sp³-hybridized carbons (Fsp3) is 0.372. The van der Waals surface area contributed by atoms with Gasteiger partial charge in [-0.05, 0) is 80.6 Å². The summed E-state index contributed by atoms with van der Waals surface area (Å²) in [6, 6.07) is 28.7. The first-order valence-electron chi connectivity index (χ1n) is 18.5. The molecule has 0 unspecified atom stereocenters. The lowest BCUT2D eigenvalue weighted by molar-refractivity contribution is -0.137. The fourth-order valence-electron chi connectivity index (χ4n) is 6.45. The van der Waals surface area contributed by atoms with E-state index >= 15 is 0 Å². The molecule has 6 aromatic rings. The van der Waals surface area contributed by atoms with Gasteiger partial charge in [-0.1, -0.05) is 30.3 Å². The number of carboxylic acid groups (broad SMARTS) is 1. The van der Waals surface area contributed by atoms with Crippen LogP contribution in [0.25, 0.3) is 44.6 Å². The SMILES string of the molecule is COCCCn1c(-c2ccc(OC)cc2)nc2ccc(OCCCCCC(=O)O)cc21.COCCCn1cnc2c(-c3ccccc3N(C)C)cccc21. The third kappa shape index (κ3) is 10.4. The van der Waals surface area contributed by atoms with E-state index in [1.54, 1.807) is 21.3 Å². The van der Waals surface area contributed by atoms with Gasteiger partial charge < -0.3 is 38.1 Å². The average molecular weight is 736 g/mol. The summed E-state index contributed by atoms with van der Waals surface area (Å²) in [4.78, 5) is 22.3. The number of aryl methyl sites for hydroxylation is 2. The Morgan fingerprint density at radius 1 is 0.741 bits per heavy atom. The Morgan fingerprint density at radius 3 is 2.19 bits per heavy atom. The molecule has 0 bridgehead atoms. The molecule has 4 aromatic carbocycles.